The van der Waals surface area contributed by atoms with Gasteiger partial charge in [0.1, 0.15) is 0 Å². The number of carbonyl (C=O) groups is 1. The number of piperidine rings is 1. The molecule has 2 rings (SSSR count). The molecule has 2 fully saturated rings. The van der Waals surface area contributed by atoms with Gasteiger partial charge in [0.25, 0.3) is 5.91 Å². The summed E-state index contributed by atoms with van der Waals surface area (Å²) in [6.07, 6.45) is 9.91. The Kier molecular flexibility index (Phi) is 9.51. The minimum atomic E-state index is 0.0818. The fraction of sp³-hybridized carbons (Fsp3) is 0.611. The zero-order valence-corrected chi connectivity index (χ0v) is 14.0. The van der Waals surface area contributed by atoms with Crippen LogP contribution in [0.1, 0.15) is 26.7 Å². The van der Waals surface area contributed by atoms with Crippen LogP contribution in [0.5, 0.6) is 0 Å². The number of rotatable bonds is 4. The van der Waals surface area contributed by atoms with Crippen molar-refractivity contribution < 1.29 is 9.53 Å². The van der Waals surface area contributed by atoms with Gasteiger partial charge in [0.2, 0.25) is 0 Å². The highest BCUT2D eigenvalue weighted by Gasteiger charge is 2.19. The van der Waals surface area contributed by atoms with Crippen molar-refractivity contribution in [3.8, 4) is 0 Å². The Hall–Kier alpha value is -1.39. The molecule has 1 N–H and O–H groups in total. The smallest absolute Gasteiger partial charge is 0.253 e. The molecule has 0 radical (unpaired) electrons. The van der Waals surface area contributed by atoms with E-state index in [0.717, 1.165) is 31.5 Å². The predicted molar refractivity (Wildman–Crippen MR) is 91.8 cm³/mol. The number of nitrogens with zero attached hydrogens (tertiary/aromatic N) is 1. The number of hydrogen-bond acceptors (Lipinski definition) is 3. The van der Waals surface area contributed by atoms with Crippen LogP contribution in [0.15, 0.2) is 36.5 Å². The van der Waals surface area contributed by atoms with Crippen molar-refractivity contribution in [2.24, 2.45) is 5.92 Å². The molecule has 2 aliphatic rings. The Bertz CT molecular complexity index is 390. The zero-order valence-electron chi connectivity index (χ0n) is 14.0. The van der Waals surface area contributed by atoms with Crippen molar-refractivity contribution in [2.75, 3.05) is 39.4 Å². The maximum Gasteiger partial charge on any atom is 0.253 e. The first kappa shape index (κ1) is 18.7. The summed E-state index contributed by atoms with van der Waals surface area (Å²) in [4.78, 5) is 14.3. The van der Waals surface area contributed by atoms with Crippen LogP contribution in [0.3, 0.4) is 0 Å². The van der Waals surface area contributed by atoms with E-state index in [2.05, 4.69) is 18.0 Å². The molecule has 4 heteroatoms. The molecule has 0 aromatic carbocycles. The van der Waals surface area contributed by atoms with Crippen LogP contribution >= 0.6 is 0 Å². The second-order valence-corrected chi connectivity index (χ2v) is 5.21. The van der Waals surface area contributed by atoms with Crippen LogP contribution in [0.4, 0.5) is 0 Å². The molecule has 0 aromatic rings. The summed E-state index contributed by atoms with van der Waals surface area (Å²) in [6.45, 7) is 12.4. The predicted octanol–water partition coefficient (Wildman–Crippen LogP) is 2.54. The monoisotopic (exact) mass is 306 g/mol. The summed E-state index contributed by atoms with van der Waals surface area (Å²) in [5.74, 6) is 0.653. The molecule has 124 valence electrons. The molecule has 0 bridgehead atoms. The number of hydrogen-bond donors (Lipinski definition) is 1. The number of morpholine rings is 1. The summed E-state index contributed by atoms with van der Waals surface area (Å²) in [5, 5.41) is 3.35. The number of carbonyl (C=O) groups excluding carboxylic acids is 1. The Labute approximate surface area is 134 Å². The first-order chi connectivity index (χ1) is 10.8. The minimum Gasteiger partial charge on any atom is -0.378 e. The van der Waals surface area contributed by atoms with E-state index in [4.69, 9.17) is 4.74 Å². The van der Waals surface area contributed by atoms with Crippen LogP contribution in [-0.2, 0) is 9.53 Å². The van der Waals surface area contributed by atoms with E-state index in [1.54, 1.807) is 12.2 Å². The fourth-order valence-electron chi connectivity index (χ4n) is 2.55. The second-order valence-electron chi connectivity index (χ2n) is 5.21. The molecule has 0 aliphatic carbocycles. The van der Waals surface area contributed by atoms with Gasteiger partial charge in [0, 0.05) is 18.7 Å². The van der Waals surface area contributed by atoms with Gasteiger partial charge in [0.15, 0.2) is 0 Å². The van der Waals surface area contributed by atoms with E-state index >= 15 is 0 Å². The normalized spacial score (nSPS) is 20.5. The molecule has 0 unspecified atom stereocenters. The summed E-state index contributed by atoms with van der Waals surface area (Å²) in [7, 11) is 0. The van der Waals surface area contributed by atoms with Crippen molar-refractivity contribution in [2.45, 2.75) is 26.7 Å². The van der Waals surface area contributed by atoms with Gasteiger partial charge >= 0.3 is 0 Å². The Balaban J connectivity index is 0.00000116. The number of nitrogens with one attached hydrogen (secondary N) is 1. The topological polar surface area (TPSA) is 41.6 Å². The summed E-state index contributed by atoms with van der Waals surface area (Å²) in [6, 6.07) is 0. The lowest BCUT2D eigenvalue weighted by Crippen LogP contribution is -2.41. The van der Waals surface area contributed by atoms with Crippen molar-refractivity contribution in [1.29, 1.82) is 0 Å². The van der Waals surface area contributed by atoms with Gasteiger partial charge in [0.05, 0.1) is 13.2 Å². The summed E-state index contributed by atoms with van der Waals surface area (Å²) < 4.78 is 5.29. The van der Waals surface area contributed by atoms with E-state index in [-0.39, 0.29) is 5.91 Å². The maximum atomic E-state index is 12.5. The quantitative estimate of drug-likeness (QED) is 0.641. The number of allylic oxidation sites excluding steroid dienone is 3. The zero-order chi connectivity index (χ0) is 16.2. The van der Waals surface area contributed by atoms with Gasteiger partial charge in [-0.1, -0.05) is 44.7 Å². The van der Waals surface area contributed by atoms with Gasteiger partial charge in [-0.15, -0.1) is 0 Å². The third-order valence-electron chi connectivity index (χ3n) is 3.77. The molecule has 4 nitrogen and oxygen atoms in total. The molecule has 2 saturated heterocycles. The van der Waals surface area contributed by atoms with Gasteiger partial charge < -0.3 is 15.0 Å². The Morgan fingerprint density at radius 3 is 2.45 bits per heavy atom. The van der Waals surface area contributed by atoms with Crippen molar-refractivity contribution in [1.82, 2.24) is 10.2 Å². The Morgan fingerprint density at radius 1 is 1.23 bits per heavy atom. The van der Waals surface area contributed by atoms with Crippen LogP contribution in [0.2, 0.25) is 0 Å². The lowest BCUT2D eigenvalue weighted by molar-refractivity contribution is -0.130. The largest absolute Gasteiger partial charge is 0.378 e. The molecule has 1 amide bonds. The number of ether oxygens (including phenoxy) is 1. The minimum absolute atomic E-state index is 0.0818. The lowest BCUT2D eigenvalue weighted by Gasteiger charge is -2.27. The van der Waals surface area contributed by atoms with Crippen LogP contribution in [-0.4, -0.2) is 50.2 Å². The van der Waals surface area contributed by atoms with Crippen molar-refractivity contribution in [3.05, 3.63) is 36.5 Å². The molecule has 22 heavy (non-hydrogen) atoms. The molecular weight excluding hydrogens is 276 g/mol. The highest BCUT2D eigenvalue weighted by Crippen LogP contribution is 2.15. The maximum absolute atomic E-state index is 12.5. The average Bonchev–Trinajstić information content (AvgIpc) is 2.61. The molecule has 2 aliphatic heterocycles. The molecule has 0 aromatic heterocycles. The van der Waals surface area contributed by atoms with Gasteiger partial charge in [-0.05, 0) is 31.8 Å². The van der Waals surface area contributed by atoms with Crippen LogP contribution < -0.4 is 5.32 Å². The highest BCUT2D eigenvalue weighted by molar-refractivity contribution is 5.96. The molecule has 0 saturated carbocycles. The third-order valence-corrected chi connectivity index (χ3v) is 3.77. The highest BCUT2D eigenvalue weighted by atomic mass is 16.5. The van der Waals surface area contributed by atoms with E-state index < -0.39 is 0 Å². The first-order valence-corrected chi connectivity index (χ1v) is 8.40. The lowest BCUT2D eigenvalue weighted by atomic mass is 9.96. The number of amides is 1. The van der Waals surface area contributed by atoms with Crippen LogP contribution in [0, 0.1) is 5.92 Å². The molecule has 0 spiro atoms. The first-order valence-electron chi connectivity index (χ1n) is 8.40. The van der Waals surface area contributed by atoms with Gasteiger partial charge in [-0.25, -0.2) is 0 Å². The summed E-state index contributed by atoms with van der Waals surface area (Å²) in [5.41, 5.74) is 0.723. The molecule has 2 heterocycles. The third kappa shape index (κ3) is 6.16. The summed E-state index contributed by atoms with van der Waals surface area (Å²) >= 11 is 0. The van der Waals surface area contributed by atoms with Gasteiger partial charge in [-0.2, -0.15) is 0 Å². The standard InChI is InChI=1S/C16H24N2O2.C2H6/c1-2-3-15(5-4-14-6-8-17-9-7-14)16(19)18-10-12-20-13-11-18;1-2/h2-5,14,17H,1,6-13H2;1-2H3/b5-4+,15-3+;. The van der Waals surface area contributed by atoms with E-state index in [1.165, 1.54) is 0 Å². The Morgan fingerprint density at radius 2 is 1.86 bits per heavy atom. The second kappa shape index (κ2) is 11.2. The van der Waals surface area contributed by atoms with Gasteiger partial charge in [-0.3, -0.25) is 4.79 Å². The molecule has 0 atom stereocenters. The SMILES string of the molecule is C=C/C=C(\C=C\C1CCNCC1)C(=O)N1CCOCC1.CC. The average molecular weight is 306 g/mol. The fourth-order valence-corrected chi connectivity index (χ4v) is 2.55. The van der Waals surface area contributed by atoms with E-state index in [1.807, 2.05) is 24.8 Å². The van der Waals surface area contributed by atoms with Crippen molar-refractivity contribution in [3.63, 3.8) is 0 Å². The van der Waals surface area contributed by atoms with Crippen LogP contribution in [0.25, 0.3) is 0 Å². The van der Waals surface area contributed by atoms with E-state index in [0.29, 0.717) is 32.2 Å². The van der Waals surface area contributed by atoms with E-state index in [9.17, 15) is 4.79 Å². The van der Waals surface area contributed by atoms with Crippen molar-refractivity contribution >= 4 is 5.91 Å². The molecular formula is C18H30N2O2.